The number of aliphatic imine (C=N–C) groups is 1. The normalized spacial score (nSPS) is 19.7. The number of guanidine groups is 1. The van der Waals surface area contributed by atoms with Gasteiger partial charge in [-0.3, -0.25) is 9.89 Å². The zero-order valence-electron chi connectivity index (χ0n) is 18.5. The van der Waals surface area contributed by atoms with Gasteiger partial charge in [-0.1, -0.05) is 0 Å². The molecule has 1 fully saturated rings. The highest BCUT2D eigenvalue weighted by Crippen LogP contribution is 2.29. The van der Waals surface area contributed by atoms with Crippen LogP contribution in [0.3, 0.4) is 0 Å². The summed E-state index contributed by atoms with van der Waals surface area (Å²) in [6, 6.07) is 6.63. The van der Waals surface area contributed by atoms with Gasteiger partial charge in [-0.15, -0.1) is 24.0 Å². The van der Waals surface area contributed by atoms with Crippen molar-refractivity contribution in [2.45, 2.75) is 45.8 Å². The number of nitrogens with one attached hydrogen (secondary N) is 2. The number of hydrogen-bond donors (Lipinski definition) is 2. The molecule has 0 aliphatic carbocycles. The Morgan fingerprint density at radius 3 is 2.69 bits per heavy atom. The Hall–Kier alpha value is -1.26. The predicted molar refractivity (Wildman–Crippen MR) is 129 cm³/mol. The smallest absolute Gasteiger partial charge is 0.191 e. The van der Waals surface area contributed by atoms with E-state index in [-0.39, 0.29) is 30.0 Å². The van der Waals surface area contributed by atoms with Gasteiger partial charge in [0.05, 0.1) is 40.0 Å². The number of halogens is 1. The maximum absolute atomic E-state index is 5.54. The SMILES string of the molecule is CCNC(=NCC(C)N1CCOCC1C)NC(C)c1cc(OC)ccc1OC.I. The molecule has 2 rings (SSSR count). The van der Waals surface area contributed by atoms with Crippen LogP contribution in [0.25, 0.3) is 0 Å². The average Bonchev–Trinajstić information content (AvgIpc) is 2.71. The lowest BCUT2D eigenvalue weighted by molar-refractivity contribution is -0.0165. The fourth-order valence-electron chi connectivity index (χ4n) is 3.50. The summed E-state index contributed by atoms with van der Waals surface area (Å²) in [5.41, 5.74) is 1.03. The zero-order chi connectivity index (χ0) is 20.5. The number of ether oxygens (including phenoxy) is 3. The van der Waals surface area contributed by atoms with Gasteiger partial charge in [-0.2, -0.15) is 0 Å². The van der Waals surface area contributed by atoms with Crippen molar-refractivity contribution in [1.82, 2.24) is 15.5 Å². The van der Waals surface area contributed by atoms with Gasteiger partial charge in [0.1, 0.15) is 11.5 Å². The molecule has 1 aromatic carbocycles. The van der Waals surface area contributed by atoms with E-state index in [1.165, 1.54) is 0 Å². The fourth-order valence-corrected chi connectivity index (χ4v) is 3.50. The summed E-state index contributed by atoms with van der Waals surface area (Å²) in [6.45, 7) is 12.7. The highest BCUT2D eigenvalue weighted by Gasteiger charge is 2.23. The highest BCUT2D eigenvalue weighted by molar-refractivity contribution is 14.0. The fraction of sp³-hybridized carbons (Fsp3) is 0.667. The van der Waals surface area contributed by atoms with Crippen LogP contribution >= 0.6 is 24.0 Å². The number of nitrogens with zero attached hydrogens (tertiary/aromatic N) is 2. The molecule has 1 aromatic rings. The van der Waals surface area contributed by atoms with Gasteiger partial charge in [-0.25, -0.2) is 0 Å². The second kappa shape index (κ2) is 13.1. The molecule has 1 saturated heterocycles. The molecule has 166 valence electrons. The molecule has 3 unspecified atom stereocenters. The summed E-state index contributed by atoms with van der Waals surface area (Å²) in [7, 11) is 3.35. The van der Waals surface area contributed by atoms with Crippen LogP contribution < -0.4 is 20.1 Å². The van der Waals surface area contributed by atoms with Gasteiger partial charge in [0, 0.05) is 30.7 Å². The minimum absolute atomic E-state index is 0. The summed E-state index contributed by atoms with van der Waals surface area (Å²) >= 11 is 0. The monoisotopic (exact) mass is 520 g/mol. The van der Waals surface area contributed by atoms with E-state index in [0.29, 0.717) is 12.1 Å². The van der Waals surface area contributed by atoms with Crippen molar-refractivity contribution in [2.75, 3.05) is 47.1 Å². The van der Waals surface area contributed by atoms with Crippen molar-refractivity contribution >= 4 is 29.9 Å². The van der Waals surface area contributed by atoms with Gasteiger partial charge in [0.2, 0.25) is 0 Å². The molecule has 8 heteroatoms. The van der Waals surface area contributed by atoms with Gasteiger partial charge >= 0.3 is 0 Å². The Labute approximate surface area is 192 Å². The third kappa shape index (κ3) is 7.49. The molecule has 0 aromatic heterocycles. The lowest BCUT2D eigenvalue weighted by Crippen LogP contribution is -2.49. The third-order valence-electron chi connectivity index (χ3n) is 5.10. The lowest BCUT2D eigenvalue weighted by atomic mass is 10.1. The van der Waals surface area contributed by atoms with Crippen LogP contribution in [0.1, 0.15) is 39.3 Å². The van der Waals surface area contributed by atoms with Crippen molar-refractivity contribution in [3.05, 3.63) is 23.8 Å². The Kier molecular flexibility index (Phi) is 11.7. The van der Waals surface area contributed by atoms with Crippen molar-refractivity contribution in [2.24, 2.45) is 4.99 Å². The molecule has 0 amide bonds. The molecule has 2 N–H and O–H groups in total. The number of methoxy groups -OCH3 is 2. The van der Waals surface area contributed by atoms with Crippen molar-refractivity contribution in [1.29, 1.82) is 0 Å². The van der Waals surface area contributed by atoms with Gasteiger partial charge in [-0.05, 0) is 45.9 Å². The summed E-state index contributed by atoms with van der Waals surface area (Å²) in [5.74, 6) is 2.43. The molecule has 0 spiro atoms. The van der Waals surface area contributed by atoms with E-state index in [1.807, 2.05) is 18.2 Å². The topological polar surface area (TPSA) is 67.4 Å². The standard InChI is InChI=1S/C21H36N4O3.HI/c1-7-22-21(23-13-15(2)25-10-11-28-14-16(25)3)24-17(4)19-12-18(26-5)8-9-20(19)27-6;/h8-9,12,15-17H,7,10-11,13-14H2,1-6H3,(H2,22,23,24);1H. The first-order chi connectivity index (χ1) is 13.5. The maximum atomic E-state index is 5.54. The Morgan fingerprint density at radius 1 is 1.31 bits per heavy atom. The van der Waals surface area contributed by atoms with Crippen LogP contribution in [0.4, 0.5) is 0 Å². The first-order valence-corrected chi connectivity index (χ1v) is 10.1. The minimum Gasteiger partial charge on any atom is -0.497 e. The van der Waals surface area contributed by atoms with Crippen LogP contribution in [-0.4, -0.2) is 70.0 Å². The number of morpholine rings is 1. The second-order valence-electron chi connectivity index (χ2n) is 7.20. The maximum Gasteiger partial charge on any atom is 0.191 e. The third-order valence-corrected chi connectivity index (χ3v) is 5.10. The number of hydrogen-bond acceptors (Lipinski definition) is 5. The van der Waals surface area contributed by atoms with Gasteiger partial charge in [0.25, 0.3) is 0 Å². The average molecular weight is 520 g/mol. The molecule has 0 bridgehead atoms. The van der Waals surface area contributed by atoms with E-state index >= 15 is 0 Å². The van der Waals surface area contributed by atoms with Crippen molar-refractivity contribution in [3.8, 4) is 11.5 Å². The van der Waals surface area contributed by atoms with Gasteiger partial charge in [0.15, 0.2) is 5.96 Å². The molecular formula is C21H37IN4O3. The van der Waals surface area contributed by atoms with E-state index in [2.05, 4.69) is 43.2 Å². The van der Waals surface area contributed by atoms with Crippen LogP contribution in [-0.2, 0) is 4.74 Å². The van der Waals surface area contributed by atoms with Crippen LogP contribution in [0.15, 0.2) is 23.2 Å². The highest BCUT2D eigenvalue weighted by atomic mass is 127. The molecule has 7 nitrogen and oxygen atoms in total. The van der Waals surface area contributed by atoms with E-state index in [1.54, 1.807) is 14.2 Å². The summed E-state index contributed by atoms with van der Waals surface area (Å²) in [4.78, 5) is 7.29. The summed E-state index contributed by atoms with van der Waals surface area (Å²) in [6.07, 6.45) is 0. The largest absolute Gasteiger partial charge is 0.497 e. The van der Waals surface area contributed by atoms with Crippen LogP contribution in [0.2, 0.25) is 0 Å². The quantitative estimate of drug-likeness (QED) is 0.312. The molecule has 1 aliphatic rings. The number of rotatable bonds is 8. The molecule has 1 aliphatic heterocycles. The number of benzene rings is 1. The molecule has 29 heavy (non-hydrogen) atoms. The Bertz CT molecular complexity index is 644. The first-order valence-electron chi connectivity index (χ1n) is 10.1. The molecule has 0 saturated carbocycles. The lowest BCUT2D eigenvalue weighted by Gasteiger charge is -2.37. The first kappa shape index (κ1) is 25.8. The minimum atomic E-state index is 0. The summed E-state index contributed by atoms with van der Waals surface area (Å²) < 4.78 is 16.4. The Morgan fingerprint density at radius 2 is 2.07 bits per heavy atom. The molecule has 3 atom stereocenters. The van der Waals surface area contributed by atoms with E-state index in [9.17, 15) is 0 Å². The molecule has 0 radical (unpaired) electrons. The van der Waals surface area contributed by atoms with E-state index < -0.39 is 0 Å². The second-order valence-corrected chi connectivity index (χ2v) is 7.20. The molecule has 1 heterocycles. The van der Waals surface area contributed by atoms with Crippen molar-refractivity contribution < 1.29 is 14.2 Å². The van der Waals surface area contributed by atoms with Crippen LogP contribution in [0, 0.1) is 0 Å². The van der Waals surface area contributed by atoms with E-state index in [0.717, 1.165) is 55.9 Å². The summed E-state index contributed by atoms with van der Waals surface area (Å²) in [5, 5.41) is 6.83. The van der Waals surface area contributed by atoms with Crippen molar-refractivity contribution in [3.63, 3.8) is 0 Å². The van der Waals surface area contributed by atoms with Gasteiger partial charge < -0.3 is 24.8 Å². The van der Waals surface area contributed by atoms with E-state index in [4.69, 9.17) is 19.2 Å². The zero-order valence-corrected chi connectivity index (χ0v) is 20.9. The Balaban J connectivity index is 0.00000420. The van der Waals surface area contributed by atoms with Crippen LogP contribution in [0.5, 0.6) is 11.5 Å². The predicted octanol–water partition coefficient (Wildman–Crippen LogP) is 3.05. The molecular weight excluding hydrogens is 483 g/mol.